The zero-order valence-electron chi connectivity index (χ0n) is 13.4. The van der Waals surface area contributed by atoms with Crippen LogP contribution in [-0.2, 0) is 19.7 Å². The Kier molecular flexibility index (Phi) is 3.73. The number of fused-ring (bicyclic) bond motifs is 1. The molecule has 1 aliphatic carbocycles. The Labute approximate surface area is 141 Å². The fraction of sp³-hybridized carbons (Fsp3) is 0.529. The van der Waals surface area contributed by atoms with Gasteiger partial charge in [0.15, 0.2) is 10.6 Å². The summed E-state index contributed by atoms with van der Waals surface area (Å²) in [5, 5.41) is 14.2. The molecule has 0 amide bonds. The lowest BCUT2D eigenvalue weighted by Crippen LogP contribution is -2.32. The fourth-order valence-corrected chi connectivity index (χ4v) is 3.97. The largest absolute Gasteiger partial charge is 0.388 e. The van der Waals surface area contributed by atoms with E-state index < -0.39 is 0 Å². The van der Waals surface area contributed by atoms with Crippen molar-refractivity contribution < 1.29 is 5.11 Å². The van der Waals surface area contributed by atoms with Crippen LogP contribution in [0.5, 0.6) is 0 Å². The summed E-state index contributed by atoms with van der Waals surface area (Å²) in [6.07, 6.45) is 4.56. The number of benzene rings is 1. The van der Waals surface area contributed by atoms with E-state index in [1.165, 1.54) is 16.8 Å². The van der Waals surface area contributed by atoms with Crippen LogP contribution in [0.3, 0.4) is 0 Å². The molecule has 0 saturated heterocycles. The third-order valence-corrected chi connectivity index (χ3v) is 5.22. The second kappa shape index (κ2) is 5.76. The van der Waals surface area contributed by atoms with Crippen molar-refractivity contribution in [2.75, 3.05) is 11.4 Å². The molecule has 1 N–H and O–H groups in total. The van der Waals surface area contributed by atoms with Crippen molar-refractivity contribution in [3.05, 3.63) is 39.9 Å². The van der Waals surface area contributed by atoms with Gasteiger partial charge in [0, 0.05) is 18.3 Å². The Morgan fingerprint density at radius 1 is 1.35 bits per heavy atom. The second-order valence-electron chi connectivity index (χ2n) is 6.55. The van der Waals surface area contributed by atoms with Gasteiger partial charge in [0.1, 0.15) is 13.3 Å². The molecule has 2 aromatic rings. The van der Waals surface area contributed by atoms with Crippen molar-refractivity contribution in [3.63, 3.8) is 0 Å². The lowest BCUT2D eigenvalue weighted by atomic mass is 9.99. The molecule has 122 valence electrons. The fourth-order valence-electron chi connectivity index (χ4n) is 3.61. The van der Waals surface area contributed by atoms with Crippen molar-refractivity contribution in [3.8, 4) is 0 Å². The van der Waals surface area contributed by atoms with E-state index in [0.717, 1.165) is 37.0 Å². The summed E-state index contributed by atoms with van der Waals surface area (Å²) in [5.74, 6) is 0.694. The Hall–Kier alpha value is -1.66. The summed E-state index contributed by atoms with van der Waals surface area (Å²) in [4.78, 5) is 2.37. The summed E-state index contributed by atoms with van der Waals surface area (Å²) in [6.45, 7) is 3.79. The maximum Gasteiger partial charge on any atom is 0.199 e. The Bertz CT molecular complexity index is 790. The van der Waals surface area contributed by atoms with Crippen molar-refractivity contribution >= 4 is 17.9 Å². The van der Waals surface area contributed by atoms with Gasteiger partial charge in [0.25, 0.3) is 0 Å². The molecule has 0 bridgehead atoms. The van der Waals surface area contributed by atoms with E-state index in [9.17, 15) is 5.11 Å². The molecule has 1 saturated carbocycles. The molecule has 0 unspecified atom stereocenters. The van der Waals surface area contributed by atoms with Crippen LogP contribution in [0.2, 0.25) is 0 Å². The van der Waals surface area contributed by atoms with Gasteiger partial charge in [0.2, 0.25) is 0 Å². The van der Waals surface area contributed by atoms with Crippen LogP contribution in [0, 0.1) is 11.7 Å². The van der Waals surface area contributed by atoms with E-state index in [1.807, 2.05) is 9.25 Å². The first-order chi connectivity index (χ1) is 11.2. The van der Waals surface area contributed by atoms with Crippen molar-refractivity contribution in [2.24, 2.45) is 0 Å². The number of hydrogen-bond donors (Lipinski definition) is 1. The zero-order valence-corrected chi connectivity index (χ0v) is 14.2. The summed E-state index contributed by atoms with van der Waals surface area (Å²) >= 11 is 5.62. The van der Waals surface area contributed by atoms with Crippen LogP contribution < -0.4 is 4.90 Å². The number of nitrogens with zero attached hydrogens (tertiary/aromatic N) is 4. The van der Waals surface area contributed by atoms with E-state index in [4.69, 9.17) is 12.2 Å². The number of aryl methyl sites for hydroxylation is 2. The summed E-state index contributed by atoms with van der Waals surface area (Å²) in [5.41, 5.74) is 4.04. The first kappa shape index (κ1) is 14.9. The van der Waals surface area contributed by atoms with Gasteiger partial charge in [-0.25, -0.2) is 4.68 Å². The molecule has 6 heteroatoms. The van der Waals surface area contributed by atoms with E-state index in [1.54, 1.807) is 0 Å². The zero-order chi connectivity index (χ0) is 16.0. The van der Waals surface area contributed by atoms with E-state index in [-0.39, 0.29) is 6.61 Å². The average molecular weight is 330 g/mol. The molecule has 1 aromatic carbocycles. The maximum absolute atomic E-state index is 9.58. The molecular weight excluding hydrogens is 308 g/mol. The summed E-state index contributed by atoms with van der Waals surface area (Å²) < 4.78 is 4.65. The first-order valence-corrected chi connectivity index (χ1v) is 8.72. The molecule has 2 aliphatic rings. The summed E-state index contributed by atoms with van der Waals surface area (Å²) in [7, 11) is 0. The third-order valence-electron chi connectivity index (χ3n) is 4.81. The highest BCUT2D eigenvalue weighted by atomic mass is 32.1. The highest BCUT2D eigenvalue weighted by Crippen LogP contribution is 2.36. The number of hydrogen-bond acceptors (Lipinski definition) is 4. The molecule has 23 heavy (non-hydrogen) atoms. The van der Waals surface area contributed by atoms with E-state index in [0.29, 0.717) is 18.5 Å². The van der Waals surface area contributed by atoms with Crippen LogP contribution in [0.15, 0.2) is 18.2 Å². The Morgan fingerprint density at radius 3 is 2.91 bits per heavy atom. The van der Waals surface area contributed by atoms with Crippen molar-refractivity contribution in [2.45, 2.75) is 51.9 Å². The minimum Gasteiger partial charge on any atom is -0.388 e. The van der Waals surface area contributed by atoms with E-state index in [2.05, 4.69) is 35.1 Å². The Morgan fingerprint density at radius 2 is 2.17 bits per heavy atom. The predicted molar refractivity (Wildman–Crippen MR) is 92.1 cm³/mol. The lowest BCUT2D eigenvalue weighted by Gasteiger charge is -2.32. The van der Waals surface area contributed by atoms with Crippen LogP contribution in [-0.4, -0.2) is 26.0 Å². The van der Waals surface area contributed by atoms with Crippen molar-refractivity contribution in [1.29, 1.82) is 0 Å². The normalized spacial score (nSPS) is 17.4. The minimum atomic E-state index is -0.0528. The molecule has 1 aliphatic heterocycles. The SMILES string of the molecule is Cc1cccc2c1N(Cn1nc(CO)n(C3CC3)c1=S)CCC2. The van der Waals surface area contributed by atoms with Gasteiger partial charge in [-0.2, -0.15) is 5.10 Å². The van der Waals surface area contributed by atoms with Gasteiger partial charge in [-0.3, -0.25) is 4.57 Å². The van der Waals surface area contributed by atoms with Crippen LogP contribution in [0.4, 0.5) is 5.69 Å². The van der Waals surface area contributed by atoms with Gasteiger partial charge < -0.3 is 10.0 Å². The maximum atomic E-state index is 9.58. The third kappa shape index (κ3) is 2.60. The Balaban J connectivity index is 1.69. The number of aliphatic hydroxyl groups is 1. The van der Waals surface area contributed by atoms with Gasteiger partial charge in [0.05, 0.1) is 0 Å². The van der Waals surface area contributed by atoms with Crippen LogP contribution in [0.1, 0.15) is 42.3 Å². The highest BCUT2D eigenvalue weighted by molar-refractivity contribution is 7.71. The minimum absolute atomic E-state index is 0.0528. The molecule has 5 nitrogen and oxygen atoms in total. The predicted octanol–water partition coefficient (Wildman–Crippen LogP) is 2.96. The number of aromatic nitrogens is 3. The quantitative estimate of drug-likeness (QED) is 0.876. The molecule has 1 fully saturated rings. The standard InChI is InChI=1S/C17H22N4OS/c1-12-4-2-5-13-6-3-9-19(16(12)13)11-20-17(23)21(14-7-8-14)15(10-22)18-20/h2,4-5,14,22H,3,6-11H2,1H3. The number of aliphatic hydroxyl groups excluding tert-OH is 1. The highest BCUT2D eigenvalue weighted by Gasteiger charge is 2.29. The van der Waals surface area contributed by atoms with Gasteiger partial charge >= 0.3 is 0 Å². The molecule has 0 radical (unpaired) electrons. The van der Waals surface area contributed by atoms with Crippen LogP contribution in [0.25, 0.3) is 0 Å². The number of rotatable bonds is 4. The monoisotopic (exact) mass is 330 g/mol. The van der Waals surface area contributed by atoms with Gasteiger partial charge in [-0.05, 0) is 56.0 Å². The number of para-hydroxylation sites is 1. The molecule has 1 aromatic heterocycles. The molecule has 2 heterocycles. The molecular formula is C17H22N4OS. The molecule has 4 rings (SSSR count). The van der Waals surface area contributed by atoms with Crippen LogP contribution >= 0.6 is 12.2 Å². The van der Waals surface area contributed by atoms with Crippen molar-refractivity contribution in [1.82, 2.24) is 14.3 Å². The van der Waals surface area contributed by atoms with E-state index >= 15 is 0 Å². The number of anilines is 1. The average Bonchev–Trinajstić information content (AvgIpc) is 3.33. The molecule has 0 atom stereocenters. The lowest BCUT2D eigenvalue weighted by molar-refractivity contribution is 0.263. The summed E-state index contributed by atoms with van der Waals surface area (Å²) in [6, 6.07) is 6.96. The first-order valence-electron chi connectivity index (χ1n) is 8.31. The second-order valence-corrected chi connectivity index (χ2v) is 6.91. The topological polar surface area (TPSA) is 46.2 Å². The van der Waals surface area contributed by atoms with Gasteiger partial charge in [-0.1, -0.05) is 18.2 Å². The smallest absolute Gasteiger partial charge is 0.199 e. The van der Waals surface area contributed by atoms with Gasteiger partial charge in [-0.15, -0.1) is 0 Å². The molecule has 0 spiro atoms.